The molecule has 0 bridgehead atoms. The quantitative estimate of drug-likeness (QED) is 0.131. The van der Waals surface area contributed by atoms with Crippen LogP contribution in [-0.2, 0) is 9.53 Å². The van der Waals surface area contributed by atoms with Gasteiger partial charge in [-0.1, -0.05) is 110 Å². The Morgan fingerprint density at radius 3 is 1.33 bits per heavy atom. The third-order valence-corrected chi connectivity index (χ3v) is 5.00. The van der Waals surface area contributed by atoms with E-state index < -0.39 is 6.10 Å². The Hall–Kier alpha value is -0.910. The first-order valence-electron chi connectivity index (χ1n) is 12.2. The summed E-state index contributed by atoms with van der Waals surface area (Å²) in [6, 6.07) is 0. The van der Waals surface area contributed by atoms with Crippen molar-refractivity contribution in [2.24, 2.45) is 0 Å². The molecule has 0 aliphatic carbocycles. The number of ether oxygens (including phenoxy) is 1. The van der Waals surface area contributed by atoms with Gasteiger partial charge in [-0.2, -0.15) is 0 Å². The zero-order valence-corrected chi connectivity index (χ0v) is 19.9. The van der Waals surface area contributed by atoms with Crippen molar-refractivity contribution in [3.05, 3.63) is 12.2 Å². The molecule has 0 rings (SSSR count). The minimum Gasteiger partial charge on any atom is -0.462 e. The fourth-order valence-corrected chi connectivity index (χ4v) is 3.00. The predicted molar refractivity (Wildman–Crippen MR) is 125 cm³/mol. The Bertz CT molecular complexity index is 367. The maximum atomic E-state index is 11.2. The van der Waals surface area contributed by atoms with Crippen molar-refractivity contribution in [1.29, 1.82) is 0 Å². The maximum absolute atomic E-state index is 11.2. The minimum atomic E-state index is -0.954. The molecule has 0 aromatic carbocycles. The highest BCUT2D eigenvalue weighted by molar-refractivity contribution is 5.86. The lowest BCUT2D eigenvalue weighted by Crippen LogP contribution is -2.15. The molecule has 0 atom stereocenters. The number of rotatable bonds is 20. The van der Waals surface area contributed by atoms with Gasteiger partial charge in [0.15, 0.2) is 0 Å². The van der Waals surface area contributed by atoms with E-state index in [-0.39, 0.29) is 19.2 Å². The first kappa shape index (κ1) is 31.3. The summed E-state index contributed by atoms with van der Waals surface area (Å²) in [7, 11) is 0. The van der Waals surface area contributed by atoms with Gasteiger partial charge in [-0.15, -0.1) is 0 Å². The predicted octanol–water partition coefficient (Wildman–Crippen LogP) is 5.70. The topological polar surface area (TPSA) is 87.0 Å². The molecule has 0 aliphatic heterocycles. The molecule has 5 heteroatoms. The number of hydrogen-bond acceptors (Lipinski definition) is 5. The number of aliphatic hydroxyl groups excluding tert-OH is 3. The lowest BCUT2D eigenvalue weighted by molar-refractivity contribution is -0.139. The van der Waals surface area contributed by atoms with E-state index in [0.717, 1.165) is 6.42 Å². The number of carbonyl (C=O) groups excluding carboxylic acids is 1. The fraction of sp³-hybridized carbons (Fsp3) is 0.880. The van der Waals surface area contributed by atoms with Gasteiger partial charge in [0.2, 0.25) is 0 Å². The van der Waals surface area contributed by atoms with Gasteiger partial charge in [-0.05, 0) is 13.3 Å². The van der Waals surface area contributed by atoms with Crippen molar-refractivity contribution in [2.45, 2.75) is 123 Å². The second kappa shape index (κ2) is 26.1. The van der Waals surface area contributed by atoms with Gasteiger partial charge in [0, 0.05) is 5.57 Å². The van der Waals surface area contributed by atoms with Crippen molar-refractivity contribution in [2.75, 3.05) is 19.8 Å². The van der Waals surface area contributed by atoms with E-state index in [2.05, 4.69) is 13.5 Å². The molecule has 0 unspecified atom stereocenters. The standard InChI is InChI=1S/C22H42O2.C3H8O3/c1-4-5-6-7-8-9-10-11-12-13-14-15-16-17-18-19-20-24-22(23)21(2)3;4-1-3(6)2-5/h2,4-20H2,1,3H3;3-6H,1-2H2. The molecular weight excluding hydrogens is 380 g/mol. The van der Waals surface area contributed by atoms with Gasteiger partial charge in [0.25, 0.3) is 0 Å². The van der Waals surface area contributed by atoms with Gasteiger partial charge in [0.05, 0.1) is 19.8 Å². The summed E-state index contributed by atoms with van der Waals surface area (Å²) in [5.41, 5.74) is 0.492. The molecule has 3 N–H and O–H groups in total. The second-order valence-corrected chi connectivity index (χ2v) is 8.24. The number of esters is 1. The highest BCUT2D eigenvalue weighted by Crippen LogP contribution is 2.13. The lowest BCUT2D eigenvalue weighted by Gasteiger charge is -2.05. The van der Waals surface area contributed by atoms with Crippen LogP contribution < -0.4 is 0 Å². The molecule has 180 valence electrons. The smallest absolute Gasteiger partial charge is 0.333 e. The molecule has 0 saturated heterocycles. The van der Waals surface area contributed by atoms with Crippen molar-refractivity contribution in [3.8, 4) is 0 Å². The Morgan fingerprint density at radius 1 is 0.733 bits per heavy atom. The van der Waals surface area contributed by atoms with E-state index in [0.29, 0.717) is 12.2 Å². The normalized spacial score (nSPS) is 10.6. The highest BCUT2D eigenvalue weighted by atomic mass is 16.5. The van der Waals surface area contributed by atoms with Crippen LogP contribution in [0.1, 0.15) is 117 Å². The Morgan fingerprint density at radius 2 is 1.07 bits per heavy atom. The highest BCUT2D eigenvalue weighted by Gasteiger charge is 2.01. The first-order chi connectivity index (χ1) is 14.5. The average molecular weight is 431 g/mol. The van der Waals surface area contributed by atoms with Crippen LogP contribution in [0.4, 0.5) is 0 Å². The molecule has 0 amide bonds. The molecule has 0 aromatic rings. The largest absolute Gasteiger partial charge is 0.462 e. The summed E-state index contributed by atoms with van der Waals surface area (Å²) >= 11 is 0. The van der Waals surface area contributed by atoms with Gasteiger partial charge >= 0.3 is 5.97 Å². The summed E-state index contributed by atoms with van der Waals surface area (Å²) in [4.78, 5) is 11.2. The van der Waals surface area contributed by atoms with Gasteiger partial charge in [-0.25, -0.2) is 4.79 Å². The molecule has 0 spiro atoms. The minimum absolute atomic E-state index is 0.254. The number of carbonyl (C=O) groups is 1. The molecule has 0 aliphatic rings. The van der Waals surface area contributed by atoms with Crippen LogP contribution in [0.5, 0.6) is 0 Å². The molecule has 0 saturated carbocycles. The third-order valence-electron chi connectivity index (χ3n) is 5.00. The van der Waals surface area contributed by atoms with E-state index in [1.807, 2.05) is 0 Å². The van der Waals surface area contributed by atoms with Gasteiger partial charge in [0.1, 0.15) is 6.10 Å². The van der Waals surface area contributed by atoms with E-state index in [1.165, 1.54) is 96.3 Å². The second-order valence-electron chi connectivity index (χ2n) is 8.24. The molecule has 5 nitrogen and oxygen atoms in total. The first-order valence-corrected chi connectivity index (χ1v) is 12.2. The Balaban J connectivity index is 0. The van der Waals surface area contributed by atoms with E-state index in [9.17, 15) is 4.79 Å². The van der Waals surface area contributed by atoms with Crippen molar-refractivity contribution in [3.63, 3.8) is 0 Å². The van der Waals surface area contributed by atoms with Gasteiger partial charge < -0.3 is 20.1 Å². The fourth-order valence-electron chi connectivity index (χ4n) is 3.00. The summed E-state index contributed by atoms with van der Waals surface area (Å²) in [5, 5.41) is 24.0. The average Bonchev–Trinajstić information content (AvgIpc) is 2.75. The van der Waals surface area contributed by atoms with Crippen LogP contribution in [0.3, 0.4) is 0 Å². The van der Waals surface area contributed by atoms with Crippen LogP contribution in [0, 0.1) is 0 Å². The van der Waals surface area contributed by atoms with E-state index >= 15 is 0 Å². The van der Waals surface area contributed by atoms with Crippen LogP contribution in [-0.4, -0.2) is 47.2 Å². The number of unbranched alkanes of at least 4 members (excludes halogenated alkanes) is 15. The molecule has 30 heavy (non-hydrogen) atoms. The SMILES string of the molecule is C=C(C)C(=O)OCCCCCCCCCCCCCCCCCC.OCC(O)CO. The van der Waals surface area contributed by atoms with Crippen molar-refractivity contribution >= 4 is 5.97 Å². The summed E-state index contributed by atoms with van der Waals surface area (Å²) in [6.45, 7) is 7.36. The number of hydrogen-bond donors (Lipinski definition) is 3. The van der Waals surface area contributed by atoms with Crippen LogP contribution >= 0.6 is 0 Å². The Kier molecular flexibility index (Phi) is 27.2. The van der Waals surface area contributed by atoms with Crippen LogP contribution in [0.2, 0.25) is 0 Å². The molecule has 0 radical (unpaired) electrons. The molecule has 0 aromatic heterocycles. The van der Waals surface area contributed by atoms with Crippen molar-refractivity contribution in [1.82, 2.24) is 0 Å². The zero-order valence-electron chi connectivity index (χ0n) is 19.9. The van der Waals surface area contributed by atoms with E-state index in [4.69, 9.17) is 20.1 Å². The monoisotopic (exact) mass is 430 g/mol. The summed E-state index contributed by atoms with van der Waals surface area (Å²) in [6.07, 6.45) is 20.8. The summed E-state index contributed by atoms with van der Waals surface area (Å²) in [5.74, 6) is -0.254. The van der Waals surface area contributed by atoms with E-state index in [1.54, 1.807) is 6.92 Å². The van der Waals surface area contributed by atoms with Crippen LogP contribution in [0.25, 0.3) is 0 Å². The Labute approximate surface area is 185 Å². The summed E-state index contributed by atoms with van der Waals surface area (Å²) < 4.78 is 5.08. The van der Waals surface area contributed by atoms with Gasteiger partial charge in [-0.3, -0.25) is 0 Å². The molecule has 0 fully saturated rings. The molecular formula is C25H50O5. The third kappa shape index (κ3) is 27.1. The van der Waals surface area contributed by atoms with Crippen molar-refractivity contribution < 1.29 is 24.9 Å². The van der Waals surface area contributed by atoms with Crippen LogP contribution in [0.15, 0.2) is 12.2 Å². The molecule has 0 heterocycles. The number of aliphatic hydroxyl groups is 3. The maximum Gasteiger partial charge on any atom is 0.333 e. The zero-order chi connectivity index (χ0) is 22.9. The lowest BCUT2D eigenvalue weighted by atomic mass is 10.0.